The Bertz CT molecular complexity index is 273. The Labute approximate surface area is 105 Å². The first-order valence-electron chi connectivity index (χ1n) is 7.33. The van der Waals surface area contributed by atoms with Crippen LogP contribution in [0.3, 0.4) is 0 Å². The maximum atomic E-state index is 6.17. The van der Waals surface area contributed by atoms with Crippen LogP contribution in [0.5, 0.6) is 0 Å². The summed E-state index contributed by atoms with van der Waals surface area (Å²) in [7, 11) is 0. The van der Waals surface area contributed by atoms with Gasteiger partial charge in [0.2, 0.25) is 0 Å². The Morgan fingerprint density at radius 2 is 1.82 bits per heavy atom. The SMILES string of the molecule is CCCC1(CCC)CN=C(N)N1C1CCCC1. The molecule has 1 aliphatic carbocycles. The van der Waals surface area contributed by atoms with Gasteiger partial charge in [-0.25, -0.2) is 0 Å². The zero-order valence-corrected chi connectivity index (χ0v) is 11.4. The highest BCUT2D eigenvalue weighted by Gasteiger charge is 2.44. The molecule has 0 aromatic heterocycles. The fourth-order valence-electron chi connectivity index (χ4n) is 3.82. The van der Waals surface area contributed by atoms with Gasteiger partial charge in [0.1, 0.15) is 0 Å². The molecule has 1 saturated carbocycles. The largest absolute Gasteiger partial charge is 0.370 e. The van der Waals surface area contributed by atoms with Gasteiger partial charge in [-0.05, 0) is 25.7 Å². The molecule has 3 nitrogen and oxygen atoms in total. The molecule has 0 spiro atoms. The van der Waals surface area contributed by atoms with Crippen LogP contribution in [0.2, 0.25) is 0 Å². The number of guanidine groups is 1. The van der Waals surface area contributed by atoms with Crippen molar-refractivity contribution < 1.29 is 0 Å². The molecule has 0 aromatic rings. The Morgan fingerprint density at radius 3 is 2.35 bits per heavy atom. The Morgan fingerprint density at radius 1 is 1.24 bits per heavy atom. The summed E-state index contributed by atoms with van der Waals surface area (Å²) in [5, 5.41) is 0. The molecule has 17 heavy (non-hydrogen) atoms. The van der Waals surface area contributed by atoms with Gasteiger partial charge in [0.05, 0.1) is 12.1 Å². The van der Waals surface area contributed by atoms with E-state index in [2.05, 4.69) is 23.7 Å². The van der Waals surface area contributed by atoms with Gasteiger partial charge < -0.3 is 10.6 Å². The van der Waals surface area contributed by atoms with Crippen molar-refractivity contribution in [1.82, 2.24) is 4.90 Å². The lowest BCUT2D eigenvalue weighted by Crippen LogP contribution is -2.55. The van der Waals surface area contributed by atoms with E-state index in [1.165, 1.54) is 51.4 Å². The van der Waals surface area contributed by atoms with Crippen LogP contribution in [0, 0.1) is 0 Å². The molecule has 0 atom stereocenters. The zero-order chi connectivity index (χ0) is 12.3. The molecule has 1 aliphatic heterocycles. The summed E-state index contributed by atoms with van der Waals surface area (Å²) in [5.41, 5.74) is 6.42. The van der Waals surface area contributed by atoms with Crippen LogP contribution >= 0.6 is 0 Å². The van der Waals surface area contributed by atoms with Crippen LogP contribution in [0.15, 0.2) is 4.99 Å². The van der Waals surface area contributed by atoms with Gasteiger partial charge in [-0.1, -0.05) is 39.5 Å². The molecule has 1 heterocycles. The van der Waals surface area contributed by atoms with Gasteiger partial charge >= 0.3 is 0 Å². The van der Waals surface area contributed by atoms with Crippen LogP contribution in [0.25, 0.3) is 0 Å². The first kappa shape index (κ1) is 12.7. The van der Waals surface area contributed by atoms with Gasteiger partial charge in [-0.2, -0.15) is 0 Å². The molecule has 0 aromatic carbocycles. The highest BCUT2D eigenvalue weighted by molar-refractivity contribution is 5.81. The van der Waals surface area contributed by atoms with Gasteiger partial charge in [0, 0.05) is 6.04 Å². The lowest BCUT2D eigenvalue weighted by molar-refractivity contribution is 0.125. The molecule has 0 saturated heterocycles. The van der Waals surface area contributed by atoms with Crippen molar-refractivity contribution in [3.05, 3.63) is 0 Å². The Kier molecular flexibility index (Phi) is 3.95. The maximum Gasteiger partial charge on any atom is 0.192 e. The van der Waals surface area contributed by atoms with E-state index in [0.29, 0.717) is 6.04 Å². The van der Waals surface area contributed by atoms with Crippen LogP contribution in [0.1, 0.15) is 65.2 Å². The van der Waals surface area contributed by atoms with Crippen molar-refractivity contribution in [2.75, 3.05) is 6.54 Å². The van der Waals surface area contributed by atoms with Gasteiger partial charge in [0.25, 0.3) is 0 Å². The highest BCUT2D eigenvalue weighted by atomic mass is 15.4. The second kappa shape index (κ2) is 5.28. The van der Waals surface area contributed by atoms with Gasteiger partial charge in [-0.15, -0.1) is 0 Å². The molecule has 98 valence electrons. The van der Waals surface area contributed by atoms with E-state index in [9.17, 15) is 0 Å². The summed E-state index contributed by atoms with van der Waals surface area (Å²) < 4.78 is 0. The van der Waals surface area contributed by atoms with E-state index in [-0.39, 0.29) is 5.54 Å². The standard InChI is InChI=1S/C14H27N3/c1-3-9-14(10-4-2)11-16-13(15)17(14)12-7-5-6-8-12/h12H,3-11H2,1-2H3,(H2,15,16). The monoisotopic (exact) mass is 237 g/mol. The number of aliphatic imine (C=N–C) groups is 1. The van der Waals surface area contributed by atoms with Crippen LogP contribution in [0.4, 0.5) is 0 Å². The van der Waals surface area contributed by atoms with E-state index in [1.54, 1.807) is 0 Å². The maximum absolute atomic E-state index is 6.17. The highest BCUT2D eigenvalue weighted by Crippen LogP contribution is 2.37. The third-order valence-electron chi connectivity index (χ3n) is 4.41. The summed E-state index contributed by atoms with van der Waals surface area (Å²) in [6.45, 7) is 5.48. The molecule has 0 radical (unpaired) electrons. The Balaban J connectivity index is 2.18. The van der Waals surface area contributed by atoms with Crippen molar-refractivity contribution in [3.8, 4) is 0 Å². The first-order valence-corrected chi connectivity index (χ1v) is 7.33. The molecule has 2 rings (SSSR count). The smallest absolute Gasteiger partial charge is 0.192 e. The lowest BCUT2D eigenvalue weighted by atomic mass is 9.86. The first-order chi connectivity index (χ1) is 8.23. The van der Waals surface area contributed by atoms with Crippen molar-refractivity contribution in [1.29, 1.82) is 0 Å². The lowest BCUT2D eigenvalue weighted by Gasteiger charge is -2.43. The molecule has 1 fully saturated rings. The van der Waals surface area contributed by atoms with Gasteiger partial charge in [-0.3, -0.25) is 4.99 Å². The minimum Gasteiger partial charge on any atom is -0.370 e. The fraction of sp³-hybridized carbons (Fsp3) is 0.929. The summed E-state index contributed by atoms with van der Waals surface area (Å²) in [6.07, 6.45) is 10.3. The average Bonchev–Trinajstić information content (AvgIpc) is 2.89. The minimum absolute atomic E-state index is 0.253. The van der Waals surface area contributed by atoms with Crippen molar-refractivity contribution >= 4 is 5.96 Å². The molecule has 0 unspecified atom stereocenters. The summed E-state index contributed by atoms with van der Waals surface area (Å²) in [5.74, 6) is 0.818. The van der Waals surface area contributed by atoms with E-state index in [1.807, 2.05) is 0 Å². The molecule has 0 bridgehead atoms. The van der Waals surface area contributed by atoms with Gasteiger partial charge in [0.15, 0.2) is 5.96 Å². The second-order valence-corrected chi connectivity index (χ2v) is 5.71. The number of nitrogens with zero attached hydrogens (tertiary/aromatic N) is 2. The molecular weight excluding hydrogens is 210 g/mol. The third kappa shape index (κ3) is 2.29. The number of nitrogens with two attached hydrogens (primary N) is 1. The van der Waals surface area contributed by atoms with Crippen molar-refractivity contribution in [2.45, 2.75) is 76.8 Å². The quantitative estimate of drug-likeness (QED) is 0.799. The van der Waals surface area contributed by atoms with E-state index in [0.717, 1.165) is 12.5 Å². The molecule has 2 N–H and O–H groups in total. The van der Waals surface area contributed by atoms with E-state index in [4.69, 9.17) is 5.73 Å². The molecular formula is C14H27N3. The van der Waals surface area contributed by atoms with Crippen molar-refractivity contribution in [2.24, 2.45) is 10.7 Å². The van der Waals surface area contributed by atoms with Crippen LogP contribution < -0.4 is 5.73 Å². The summed E-state index contributed by atoms with van der Waals surface area (Å²) in [6, 6.07) is 0.666. The Hall–Kier alpha value is -0.730. The molecule has 0 amide bonds. The number of rotatable bonds is 5. The third-order valence-corrected chi connectivity index (χ3v) is 4.41. The summed E-state index contributed by atoms with van der Waals surface area (Å²) in [4.78, 5) is 7.08. The molecule has 2 aliphatic rings. The topological polar surface area (TPSA) is 41.6 Å². The second-order valence-electron chi connectivity index (χ2n) is 5.71. The van der Waals surface area contributed by atoms with Crippen molar-refractivity contribution in [3.63, 3.8) is 0 Å². The van der Waals surface area contributed by atoms with Crippen LogP contribution in [-0.4, -0.2) is 29.0 Å². The predicted molar refractivity (Wildman–Crippen MR) is 73.1 cm³/mol. The number of hydrogen-bond acceptors (Lipinski definition) is 3. The fourth-order valence-corrected chi connectivity index (χ4v) is 3.82. The number of hydrogen-bond donors (Lipinski definition) is 1. The predicted octanol–water partition coefficient (Wildman–Crippen LogP) is 2.90. The van der Waals surface area contributed by atoms with Crippen LogP contribution in [-0.2, 0) is 0 Å². The zero-order valence-electron chi connectivity index (χ0n) is 11.4. The van der Waals surface area contributed by atoms with E-state index >= 15 is 0 Å². The normalized spacial score (nSPS) is 24.4. The summed E-state index contributed by atoms with van der Waals surface area (Å²) >= 11 is 0. The van der Waals surface area contributed by atoms with E-state index < -0.39 is 0 Å². The molecule has 3 heteroatoms. The minimum atomic E-state index is 0.253. The average molecular weight is 237 g/mol.